The zero-order valence-electron chi connectivity index (χ0n) is 19.9. The lowest BCUT2D eigenvalue weighted by Gasteiger charge is -2.21. The average molecular weight is 471 g/mol. The number of rotatable bonds is 5. The zero-order valence-corrected chi connectivity index (χ0v) is 19.9. The molecule has 0 aliphatic carbocycles. The predicted octanol–water partition coefficient (Wildman–Crippen LogP) is 3.61. The summed E-state index contributed by atoms with van der Waals surface area (Å²) in [6.07, 6.45) is 7.12. The van der Waals surface area contributed by atoms with Gasteiger partial charge in [-0.2, -0.15) is 5.10 Å². The van der Waals surface area contributed by atoms with Gasteiger partial charge in [-0.15, -0.1) is 0 Å². The number of ether oxygens (including phenoxy) is 1. The van der Waals surface area contributed by atoms with Gasteiger partial charge in [0.15, 0.2) is 5.52 Å². The van der Waals surface area contributed by atoms with Crippen LogP contribution in [-0.2, 0) is 11.3 Å². The Kier molecular flexibility index (Phi) is 5.91. The summed E-state index contributed by atoms with van der Waals surface area (Å²) in [5, 5.41) is 4.92. The number of aromatic nitrogens is 5. The SMILES string of the molecule is CC1CN(Cc2ccc(-c3ccncc3)cc2)CC1c1nn2c(C3CCOCC3)ncc2c(=O)[nH]1. The Labute approximate surface area is 204 Å². The predicted molar refractivity (Wildman–Crippen MR) is 133 cm³/mol. The molecule has 2 fully saturated rings. The molecule has 1 aromatic carbocycles. The van der Waals surface area contributed by atoms with Crippen LogP contribution in [0.15, 0.2) is 59.8 Å². The molecule has 3 aromatic heterocycles. The number of H-pyrrole nitrogens is 1. The molecular formula is C27H30N6O2. The van der Waals surface area contributed by atoms with Crippen LogP contribution in [0.4, 0.5) is 0 Å². The van der Waals surface area contributed by atoms with Crippen molar-refractivity contribution < 1.29 is 4.74 Å². The molecule has 0 spiro atoms. The van der Waals surface area contributed by atoms with Crippen LogP contribution in [0.5, 0.6) is 0 Å². The Bertz CT molecular complexity index is 1360. The maximum Gasteiger partial charge on any atom is 0.276 e. The van der Waals surface area contributed by atoms with Crippen molar-refractivity contribution in [3.63, 3.8) is 0 Å². The monoisotopic (exact) mass is 470 g/mol. The number of pyridine rings is 1. The topological polar surface area (TPSA) is 88.4 Å². The molecule has 0 amide bonds. The van der Waals surface area contributed by atoms with Crippen molar-refractivity contribution in [3.8, 4) is 11.1 Å². The van der Waals surface area contributed by atoms with Gasteiger partial charge in [-0.05, 0) is 47.6 Å². The Balaban J connectivity index is 1.20. The molecule has 0 bridgehead atoms. The van der Waals surface area contributed by atoms with Gasteiger partial charge in [-0.25, -0.2) is 9.50 Å². The Morgan fingerprint density at radius 1 is 1.03 bits per heavy atom. The first kappa shape index (κ1) is 22.1. The minimum atomic E-state index is -0.113. The lowest BCUT2D eigenvalue weighted by Crippen LogP contribution is -2.24. The minimum absolute atomic E-state index is 0.113. The molecule has 35 heavy (non-hydrogen) atoms. The van der Waals surface area contributed by atoms with E-state index in [0.29, 0.717) is 11.4 Å². The first-order valence-electron chi connectivity index (χ1n) is 12.4. The van der Waals surface area contributed by atoms with Gasteiger partial charge in [-0.3, -0.25) is 14.7 Å². The summed E-state index contributed by atoms with van der Waals surface area (Å²) in [5.41, 5.74) is 4.06. The van der Waals surface area contributed by atoms with Crippen LogP contribution < -0.4 is 5.56 Å². The van der Waals surface area contributed by atoms with Gasteiger partial charge in [-0.1, -0.05) is 31.2 Å². The van der Waals surface area contributed by atoms with Crippen LogP contribution in [0.2, 0.25) is 0 Å². The number of hydrogen-bond acceptors (Lipinski definition) is 6. The molecule has 8 nitrogen and oxygen atoms in total. The summed E-state index contributed by atoms with van der Waals surface area (Å²) in [5.74, 6) is 2.49. The van der Waals surface area contributed by atoms with Crippen molar-refractivity contribution in [2.45, 2.75) is 38.1 Å². The number of imidazole rings is 1. The van der Waals surface area contributed by atoms with Gasteiger partial charge < -0.3 is 9.72 Å². The summed E-state index contributed by atoms with van der Waals surface area (Å²) >= 11 is 0. The van der Waals surface area contributed by atoms with E-state index in [1.165, 1.54) is 16.7 Å². The maximum absolute atomic E-state index is 12.9. The molecule has 5 heterocycles. The normalized spacial score (nSPS) is 21.6. The molecule has 8 heteroatoms. The molecule has 0 radical (unpaired) electrons. The highest BCUT2D eigenvalue weighted by atomic mass is 16.5. The van der Waals surface area contributed by atoms with Gasteiger partial charge in [0, 0.05) is 57.1 Å². The molecular weight excluding hydrogens is 440 g/mol. The van der Waals surface area contributed by atoms with Crippen LogP contribution in [0.25, 0.3) is 16.6 Å². The second kappa shape index (κ2) is 9.36. The van der Waals surface area contributed by atoms with Gasteiger partial charge in [0.05, 0.1) is 6.20 Å². The van der Waals surface area contributed by atoms with E-state index in [2.05, 4.69) is 51.0 Å². The van der Waals surface area contributed by atoms with Crippen LogP contribution in [-0.4, -0.2) is 55.8 Å². The second-order valence-corrected chi connectivity index (χ2v) is 9.85. The summed E-state index contributed by atoms with van der Waals surface area (Å²) in [6, 6.07) is 12.8. The minimum Gasteiger partial charge on any atom is -0.381 e. The third-order valence-corrected chi connectivity index (χ3v) is 7.45. The summed E-state index contributed by atoms with van der Waals surface area (Å²) in [7, 11) is 0. The van der Waals surface area contributed by atoms with Crippen LogP contribution in [0, 0.1) is 5.92 Å². The van der Waals surface area contributed by atoms with Crippen molar-refractivity contribution >= 4 is 5.52 Å². The number of aromatic amines is 1. The Hall–Kier alpha value is -3.36. The van der Waals surface area contributed by atoms with Crippen molar-refractivity contribution in [3.05, 3.63) is 82.6 Å². The van der Waals surface area contributed by atoms with E-state index in [9.17, 15) is 4.79 Å². The van der Waals surface area contributed by atoms with E-state index in [4.69, 9.17) is 9.84 Å². The average Bonchev–Trinajstić information content (AvgIpc) is 3.49. The van der Waals surface area contributed by atoms with E-state index < -0.39 is 0 Å². The number of fused-ring (bicyclic) bond motifs is 1. The zero-order chi connectivity index (χ0) is 23.8. The fourth-order valence-corrected chi connectivity index (χ4v) is 5.49. The largest absolute Gasteiger partial charge is 0.381 e. The van der Waals surface area contributed by atoms with E-state index in [1.54, 1.807) is 10.7 Å². The molecule has 1 N–H and O–H groups in total. The number of benzene rings is 1. The van der Waals surface area contributed by atoms with Gasteiger partial charge in [0.25, 0.3) is 5.56 Å². The number of nitrogens with zero attached hydrogens (tertiary/aromatic N) is 5. The van der Waals surface area contributed by atoms with Gasteiger partial charge in [0.1, 0.15) is 11.6 Å². The number of hydrogen-bond donors (Lipinski definition) is 1. The van der Waals surface area contributed by atoms with E-state index >= 15 is 0 Å². The molecule has 2 aliphatic heterocycles. The lowest BCUT2D eigenvalue weighted by molar-refractivity contribution is 0.0832. The van der Waals surface area contributed by atoms with E-state index in [-0.39, 0.29) is 17.4 Å². The lowest BCUT2D eigenvalue weighted by atomic mass is 9.97. The molecule has 180 valence electrons. The van der Waals surface area contributed by atoms with Crippen molar-refractivity contribution in [2.24, 2.45) is 5.92 Å². The third kappa shape index (κ3) is 4.39. The Morgan fingerprint density at radius 2 is 1.77 bits per heavy atom. The van der Waals surface area contributed by atoms with Crippen LogP contribution >= 0.6 is 0 Å². The highest BCUT2D eigenvalue weighted by Gasteiger charge is 2.33. The number of likely N-dealkylation sites (tertiary alicyclic amines) is 1. The molecule has 4 aromatic rings. The molecule has 2 saturated heterocycles. The standard InChI is InChI=1S/C27H30N6O2/c1-18-15-32(16-19-2-4-20(5-3-19)21-6-10-28-11-7-21)17-23(18)25-30-27(34)24-14-29-26(33(24)31-25)22-8-12-35-13-9-22/h2-7,10-11,14,18,22-23H,8-9,12-13,15-17H2,1H3,(H,30,31,34). The summed E-state index contributed by atoms with van der Waals surface area (Å²) in [4.78, 5) is 27.1. The molecule has 2 atom stereocenters. The van der Waals surface area contributed by atoms with Crippen LogP contribution in [0.3, 0.4) is 0 Å². The second-order valence-electron chi connectivity index (χ2n) is 9.85. The Morgan fingerprint density at radius 3 is 2.54 bits per heavy atom. The first-order chi connectivity index (χ1) is 17.2. The highest BCUT2D eigenvalue weighted by Crippen LogP contribution is 2.32. The molecule has 2 unspecified atom stereocenters. The quantitative estimate of drug-likeness (QED) is 0.479. The van der Waals surface area contributed by atoms with E-state index in [0.717, 1.165) is 57.3 Å². The van der Waals surface area contributed by atoms with Crippen molar-refractivity contribution in [1.29, 1.82) is 0 Å². The maximum atomic E-state index is 12.9. The molecule has 6 rings (SSSR count). The van der Waals surface area contributed by atoms with Crippen molar-refractivity contribution in [1.82, 2.24) is 29.5 Å². The summed E-state index contributed by atoms with van der Waals surface area (Å²) in [6.45, 7) is 6.41. The number of nitrogens with one attached hydrogen (secondary N) is 1. The van der Waals surface area contributed by atoms with E-state index in [1.807, 2.05) is 24.5 Å². The van der Waals surface area contributed by atoms with Gasteiger partial charge in [0.2, 0.25) is 0 Å². The molecule has 2 aliphatic rings. The fourth-order valence-electron chi connectivity index (χ4n) is 5.49. The van der Waals surface area contributed by atoms with Crippen LogP contribution in [0.1, 0.15) is 48.8 Å². The third-order valence-electron chi connectivity index (χ3n) is 7.45. The van der Waals surface area contributed by atoms with Crippen molar-refractivity contribution in [2.75, 3.05) is 26.3 Å². The smallest absolute Gasteiger partial charge is 0.276 e. The highest BCUT2D eigenvalue weighted by molar-refractivity contribution is 5.62. The summed E-state index contributed by atoms with van der Waals surface area (Å²) < 4.78 is 7.30. The fraction of sp³-hybridized carbons (Fsp3) is 0.407. The van der Waals surface area contributed by atoms with Gasteiger partial charge >= 0.3 is 0 Å². The molecule has 0 saturated carbocycles. The first-order valence-corrected chi connectivity index (χ1v) is 12.4.